The van der Waals surface area contributed by atoms with E-state index < -0.39 is 0 Å². The van der Waals surface area contributed by atoms with Gasteiger partial charge in [0.15, 0.2) is 11.5 Å². The van der Waals surface area contributed by atoms with Gasteiger partial charge >= 0.3 is 0 Å². The van der Waals surface area contributed by atoms with Crippen LogP contribution >= 0.6 is 0 Å². The minimum Gasteiger partial charge on any atom is -0.486 e. The van der Waals surface area contributed by atoms with Gasteiger partial charge in [-0.1, -0.05) is 12.1 Å². The zero-order valence-corrected chi connectivity index (χ0v) is 13.7. The van der Waals surface area contributed by atoms with E-state index >= 15 is 0 Å². The Kier molecular flexibility index (Phi) is 3.76. The lowest BCUT2D eigenvalue weighted by molar-refractivity contribution is 0.171. The minimum atomic E-state index is -0.290. The molecule has 2 heterocycles. The maximum absolute atomic E-state index is 13.2. The van der Waals surface area contributed by atoms with E-state index in [-0.39, 0.29) is 11.4 Å². The van der Waals surface area contributed by atoms with Gasteiger partial charge in [0.2, 0.25) is 0 Å². The van der Waals surface area contributed by atoms with Gasteiger partial charge in [0.25, 0.3) is 5.56 Å². The molecule has 0 aliphatic carbocycles. The Hall–Kier alpha value is -3.08. The average molecular weight is 337 g/mol. The number of pyridine rings is 1. The summed E-state index contributed by atoms with van der Waals surface area (Å²) in [5, 5.41) is 0. The Morgan fingerprint density at radius 1 is 0.960 bits per heavy atom. The number of hydrogen-bond acceptors (Lipinski definition) is 3. The van der Waals surface area contributed by atoms with Crippen molar-refractivity contribution in [1.29, 1.82) is 0 Å². The van der Waals surface area contributed by atoms with E-state index in [1.807, 2.05) is 13.0 Å². The van der Waals surface area contributed by atoms with Crippen LogP contribution in [-0.2, 0) is 0 Å². The van der Waals surface area contributed by atoms with Crippen molar-refractivity contribution in [3.63, 3.8) is 0 Å². The lowest BCUT2D eigenvalue weighted by atomic mass is 10.0. The second kappa shape index (κ2) is 6.09. The first kappa shape index (κ1) is 15.4. The smallest absolute Gasteiger partial charge is 0.255 e. The molecule has 3 aromatic rings. The van der Waals surface area contributed by atoms with E-state index in [4.69, 9.17) is 9.47 Å². The molecule has 0 atom stereocenters. The number of rotatable bonds is 2. The molecule has 0 saturated carbocycles. The van der Waals surface area contributed by atoms with Crippen LogP contribution < -0.4 is 15.0 Å². The quantitative estimate of drug-likeness (QED) is 0.715. The summed E-state index contributed by atoms with van der Waals surface area (Å²) < 4.78 is 25.9. The Labute approximate surface area is 144 Å². The highest BCUT2D eigenvalue weighted by molar-refractivity contribution is 5.66. The number of benzene rings is 2. The van der Waals surface area contributed by atoms with Gasteiger partial charge in [0, 0.05) is 23.9 Å². The van der Waals surface area contributed by atoms with Crippen LogP contribution in [0.15, 0.2) is 59.5 Å². The molecule has 5 heteroatoms. The zero-order chi connectivity index (χ0) is 17.4. The van der Waals surface area contributed by atoms with Gasteiger partial charge in [-0.2, -0.15) is 0 Å². The van der Waals surface area contributed by atoms with Gasteiger partial charge in [0.1, 0.15) is 19.0 Å². The molecule has 0 bridgehead atoms. The van der Waals surface area contributed by atoms with Gasteiger partial charge in [-0.15, -0.1) is 0 Å². The molecular weight excluding hydrogens is 321 g/mol. The number of ether oxygens (including phenoxy) is 2. The summed E-state index contributed by atoms with van der Waals surface area (Å²) in [5.41, 5.74) is 3.11. The highest BCUT2D eigenvalue weighted by Gasteiger charge is 2.14. The standard InChI is InChI=1S/C20H16FNO3/c1-13-10-20(23)22(12-17(13)14-2-4-15(21)5-3-14)16-6-7-18-19(11-16)25-9-8-24-18/h2-7,10-12H,8-9H2,1H3. The zero-order valence-electron chi connectivity index (χ0n) is 13.7. The molecular formula is C20H16FNO3. The van der Waals surface area contributed by atoms with Gasteiger partial charge in [0.05, 0.1) is 5.69 Å². The van der Waals surface area contributed by atoms with Gasteiger partial charge in [-0.3, -0.25) is 9.36 Å². The number of hydrogen-bond donors (Lipinski definition) is 0. The molecule has 4 nitrogen and oxygen atoms in total. The predicted octanol–water partition coefficient (Wildman–Crippen LogP) is 3.72. The molecule has 2 aromatic carbocycles. The maximum atomic E-state index is 13.2. The van der Waals surface area contributed by atoms with E-state index in [0.717, 1.165) is 16.7 Å². The van der Waals surface area contributed by atoms with Crippen molar-refractivity contribution in [3.05, 3.63) is 76.5 Å². The predicted molar refractivity (Wildman–Crippen MR) is 93.2 cm³/mol. The third-order valence-electron chi connectivity index (χ3n) is 4.22. The summed E-state index contributed by atoms with van der Waals surface area (Å²) in [4.78, 5) is 12.5. The van der Waals surface area contributed by atoms with Crippen molar-refractivity contribution in [1.82, 2.24) is 4.57 Å². The first-order valence-electron chi connectivity index (χ1n) is 8.01. The summed E-state index contributed by atoms with van der Waals surface area (Å²) in [7, 11) is 0. The summed E-state index contributed by atoms with van der Waals surface area (Å²) in [5.74, 6) is 1.01. The van der Waals surface area contributed by atoms with Gasteiger partial charge in [-0.25, -0.2) is 4.39 Å². The second-order valence-corrected chi connectivity index (χ2v) is 5.91. The van der Waals surface area contributed by atoms with Crippen molar-refractivity contribution in [2.45, 2.75) is 6.92 Å². The Morgan fingerprint density at radius 2 is 1.68 bits per heavy atom. The fourth-order valence-electron chi connectivity index (χ4n) is 2.94. The first-order chi connectivity index (χ1) is 12.1. The van der Waals surface area contributed by atoms with Crippen molar-refractivity contribution in [2.75, 3.05) is 13.2 Å². The first-order valence-corrected chi connectivity index (χ1v) is 8.01. The van der Waals surface area contributed by atoms with E-state index in [0.29, 0.717) is 30.4 Å². The fourth-order valence-corrected chi connectivity index (χ4v) is 2.94. The topological polar surface area (TPSA) is 40.5 Å². The van der Waals surface area contributed by atoms with Crippen LogP contribution in [0.4, 0.5) is 4.39 Å². The van der Waals surface area contributed by atoms with Crippen molar-refractivity contribution >= 4 is 0 Å². The third-order valence-corrected chi connectivity index (χ3v) is 4.22. The molecule has 0 saturated heterocycles. The van der Waals surface area contributed by atoms with Crippen LogP contribution in [0, 0.1) is 12.7 Å². The summed E-state index contributed by atoms with van der Waals surface area (Å²) in [6, 6.07) is 13.2. The Bertz CT molecular complexity index is 993. The van der Waals surface area contributed by atoms with Gasteiger partial charge in [-0.05, 0) is 42.3 Å². The van der Waals surface area contributed by atoms with Crippen LogP contribution in [0.3, 0.4) is 0 Å². The van der Waals surface area contributed by atoms with Crippen LogP contribution in [-0.4, -0.2) is 17.8 Å². The van der Waals surface area contributed by atoms with E-state index in [2.05, 4.69) is 0 Å². The number of halogens is 1. The summed E-state index contributed by atoms with van der Waals surface area (Å²) >= 11 is 0. The molecule has 1 aromatic heterocycles. The molecule has 0 radical (unpaired) electrons. The highest BCUT2D eigenvalue weighted by Crippen LogP contribution is 2.32. The Balaban J connectivity index is 1.84. The molecule has 0 amide bonds. The average Bonchev–Trinajstić information content (AvgIpc) is 2.62. The van der Waals surface area contributed by atoms with Gasteiger partial charge < -0.3 is 9.47 Å². The van der Waals surface area contributed by atoms with Crippen molar-refractivity contribution in [2.24, 2.45) is 0 Å². The summed E-state index contributed by atoms with van der Waals surface area (Å²) in [6.07, 6.45) is 1.77. The molecule has 1 aliphatic rings. The fraction of sp³-hybridized carbons (Fsp3) is 0.150. The number of fused-ring (bicyclic) bond motifs is 1. The van der Waals surface area contributed by atoms with Crippen LogP contribution in [0.1, 0.15) is 5.56 Å². The van der Waals surface area contributed by atoms with Crippen molar-refractivity contribution < 1.29 is 13.9 Å². The largest absolute Gasteiger partial charge is 0.486 e. The molecule has 0 fully saturated rings. The molecule has 1 aliphatic heterocycles. The van der Waals surface area contributed by atoms with Crippen molar-refractivity contribution in [3.8, 4) is 28.3 Å². The van der Waals surface area contributed by atoms with E-state index in [9.17, 15) is 9.18 Å². The molecule has 0 spiro atoms. The van der Waals surface area contributed by atoms with Crippen LogP contribution in [0.25, 0.3) is 16.8 Å². The molecule has 126 valence electrons. The molecule has 0 N–H and O–H groups in total. The Morgan fingerprint density at radius 3 is 2.44 bits per heavy atom. The summed E-state index contributed by atoms with van der Waals surface area (Å²) in [6.45, 7) is 2.87. The third kappa shape index (κ3) is 2.89. The number of aromatic nitrogens is 1. The second-order valence-electron chi connectivity index (χ2n) is 5.91. The minimum absolute atomic E-state index is 0.139. The van der Waals surface area contributed by atoms with Crippen LogP contribution in [0.2, 0.25) is 0 Å². The number of aryl methyl sites for hydroxylation is 1. The number of nitrogens with zero attached hydrogens (tertiary/aromatic N) is 1. The lowest BCUT2D eigenvalue weighted by Crippen LogP contribution is -2.19. The lowest BCUT2D eigenvalue weighted by Gasteiger charge is -2.19. The normalized spacial score (nSPS) is 12.9. The monoisotopic (exact) mass is 337 g/mol. The molecule has 4 rings (SSSR count). The maximum Gasteiger partial charge on any atom is 0.255 e. The molecule has 25 heavy (non-hydrogen) atoms. The SMILES string of the molecule is Cc1cc(=O)n(-c2ccc3c(c2)OCCO3)cc1-c1ccc(F)cc1. The molecule has 0 unspecified atom stereocenters. The van der Waals surface area contributed by atoms with E-state index in [1.165, 1.54) is 12.1 Å². The highest BCUT2D eigenvalue weighted by atomic mass is 19.1. The van der Waals surface area contributed by atoms with Crippen LogP contribution in [0.5, 0.6) is 11.5 Å². The van der Waals surface area contributed by atoms with E-state index in [1.54, 1.807) is 41.1 Å².